The summed E-state index contributed by atoms with van der Waals surface area (Å²) in [6.45, 7) is 9.31. The van der Waals surface area contributed by atoms with Gasteiger partial charge in [-0.25, -0.2) is 0 Å². The van der Waals surface area contributed by atoms with Crippen molar-refractivity contribution >= 4 is 7.87 Å². The molecular weight excluding hydrogens is 225 g/mol. The Balaban J connectivity index is 5.12. The third-order valence-corrected chi connectivity index (χ3v) is 4.73. The molecule has 0 saturated heterocycles. The third kappa shape index (κ3) is 3.94. The molecule has 0 aliphatic carbocycles. The van der Waals surface area contributed by atoms with Crippen molar-refractivity contribution in [3.8, 4) is 12.4 Å². The van der Waals surface area contributed by atoms with E-state index in [1.165, 1.54) is 0 Å². The van der Waals surface area contributed by atoms with Crippen molar-refractivity contribution in [1.82, 2.24) is 4.67 Å². The van der Waals surface area contributed by atoms with E-state index in [9.17, 15) is 0 Å². The van der Waals surface area contributed by atoms with Crippen molar-refractivity contribution in [2.24, 2.45) is 0 Å². The van der Waals surface area contributed by atoms with Gasteiger partial charge in [0, 0.05) is 0 Å². The van der Waals surface area contributed by atoms with Gasteiger partial charge in [-0.05, 0) is 39.3 Å². The van der Waals surface area contributed by atoms with Gasteiger partial charge in [-0.2, -0.15) is 19.6 Å². The van der Waals surface area contributed by atoms with Crippen LogP contribution in [0.4, 0.5) is 0 Å². The first-order valence-corrected chi connectivity index (χ1v) is 7.03. The summed E-state index contributed by atoms with van der Waals surface area (Å²) in [7, 11) is -2.59. The molecule has 0 aliphatic heterocycles. The zero-order valence-corrected chi connectivity index (χ0v) is 11.4. The quantitative estimate of drug-likeness (QED) is 0.408. The predicted octanol–water partition coefficient (Wildman–Crippen LogP) is 2.88. The van der Waals surface area contributed by atoms with Crippen LogP contribution in [0.15, 0.2) is 0 Å². The molecular formula is C10H19N3O2P+. The van der Waals surface area contributed by atoms with Gasteiger partial charge in [0.2, 0.25) is 12.4 Å². The Labute approximate surface area is 98.1 Å². The van der Waals surface area contributed by atoms with Crippen LogP contribution in [0.1, 0.15) is 34.6 Å². The molecule has 0 aromatic rings. The topological polar surface area (TPSA) is 69.3 Å². The minimum absolute atomic E-state index is 0.0868. The fourth-order valence-electron chi connectivity index (χ4n) is 1.23. The fourth-order valence-corrected chi connectivity index (χ4v) is 3.64. The monoisotopic (exact) mass is 244 g/mol. The van der Waals surface area contributed by atoms with Crippen LogP contribution >= 0.6 is 7.87 Å². The molecule has 0 N–H and O–H groups in total. The Hall–Kier alpha value is -0.870. The highest BCUT2D eigenvalue weighted by molar-refractivity contribution is 7.64. The van der Waals surface area contributed by atoms with Crippen molar-refractivity contribution in [1.29, 1.82) is 10.5 Å². The van der Waals surface area contributed by atoms with Crippen LogP contribution in [0, 0.1) is 22.9 Å². The minimum Gasteiger partial charge on any atom is -0.179 e. The lowest BCUT2D eigenvalue weighted by molar-refractivity contribution is 0.144. The molecule has 0 bridgehead atoms. The van der Waals surface area contributed by atoms with Gasteiger partial charge in [0.1, 0.15) is 18.4 Å². The van der Waals surface area contributed by atoms with Crippen molar-refractivity contribution in [3.63, 3.8) is 0 Å². The van der Waals surface area contributed by atoms with Crippen LogP contribution in [0.2, 0.25) is 0 Å². The normalized spacial score (nSPS) is 11.3. The minimum atomic E-state index is -2.59. The average molecular weight is 244 g/mol. The molecule has 16 heavy (non-hydrogen) atoms. The van der Waals surface area contributed by atoms with Gasteiger partial charge in [0.05, 0.1) is 0 Å². The third-order valence-electron chi connectivity index (χ3n) is 1.64. The number of hydrogen-bond acceptors (Lipinski definition) is 5. The molecule has 6 heteroatoms. The second-order valence-electron chi connectivity index (χ2n) is 3.77. The molecule has 0 aromatic heterocycles. The molecule has 0 aliphatic rings. The molecule has 0 spiro atoms. The summed E-state index contributed by atoms with van der Waals surface area (Å²) in [5.74, 6) is 0. The van der Waals surface area contributed by atoms with Crippen LogP contribution in [-0.2, 0) is 9.05 Å². The number of rotatable bonds is 6. The zero-order chi connectivity index (χ0) is 12.8. The van der Waals surface area contributed by atoms with Gasteiger partial charge >= 0.3 is 7.87 Å². The largest absolute Gasteiger partial charge is 0.395 e. The molecule has 5 nitrogen and oxygen atoms in total. The van der Waals surface area contributed by atoms with E-state index in [0.29, 0.717) is 6.16 Å². The van der Waals surface area contributed by atoms with E-state index in [-0.39, 0.29) is 12.2 Å². The Morgan fingerprint density at radius 2 is 1.44 bits per heavy atom. The summed E-state index contributed by atoms with van der Waals surface area (Å²) in [6, 6.07) is 0. The maximum atomic E-state index is 8.94. The molecule has 0 aromatic carbocycles. The summed E-state index contributed by atoms with van der Waals surface area (Å²) < 4.78 is 12.4. The number of nitrogens with zero attached hydrogens (tertiary/aromatic N) is 3. The average Bonchev–Trinajstić information content (AvgIpc) is 2.17. The molecule has 0 rings (SSSR count). The maximum Gasteiger partial charge on any atom is 0.395 e. The molecule has 90 valence electrons. The molecule has 0 unspecified atom stereocenters. The van der Waals surface area contributed by atoms with E-state index >= 15 is 0 Å². The van der Waals surface area contributed by atoms with Crippen LogP contribution in [-0.4, -0.2) is 23.0 Å². The van der Waals surface area contributed by atoms with E-state index in [0.717, 1.165) is 4.67 Å². The molecule has 0 fully saturated rings. The van der Waals surface area contributed by atoms with E-state index < -0.39 is 7.87 Å². The first-order chi connectivity index (χ1) is 7.41. The fraction of sp³-hybridized carbons (Fsp3) is 0.800. The van der Waals surface area contributed by atoms with Gasteiger partial charge in [-0.1, -0.05) is 0 Å². The van der Waals surface area contributed by atoms with Gasteiger partial charge in [0.25, 0.3) is 0 Å². The molecule has 0 radical (unpaired) electrons. The summed E-state index contributed by atoms with van der Waals surface area (Å²) in [5, 5.41) is 17.9. The van der Waals surface area contributed by atoms with E-state index in [1.807, 2.05) is 47.0 Å². The van der Waals surface area contributed by atoms with Crippen molar-refractivity contribution in [2.75, 3.05) is 6.16 Å². The van der Waals surface area contributed by atoms with Crippen LogP contribution in [0.3, 0.4) is 0 Å². The van der Waals surface area contributed by atoms with Gasteiger partial charge < -0.3 is 0 Å². The molecule has 0 saturated carbocycles. The Bertz CT molecular complexity index is 269. The lowest BCUT2D eigenvalue weighted by atomic mass is 10.5. The van der Waals surface area contributed by atoms with E-state index in [4.69, 9.17) is 19.6 Å². The van der Waals surface area contributed by atoms with Gasteiger partial charge in [0.15, 0.2) is 0 Å². The summed E-state index contributed by atoms with van der Waals surface area (Å²) in [4.78, 5) is 0. The zero-order valence-electron chi connectivity index (χ0n) is 10.5. The van der Waals surface area contributed by atoms with E-state index in [1.54, 1.807) is 0 Å². The first kappa shape index (κ1) is 15.1. The highest BCUT2D eigenvalue weighted by Gasteiger charge is 2.51. The Kier molecular flexibility index (Phi) is 6.29. The summed E-state index contributed by atoms with van der Waals surface area (Å²) in [5.41, 5.74) is 0. The highest BCUT2D eigenvalue weighted by Crippen LogP contribution is 2.64. The molecule has 0 heterocycles. The summed E-state index contributed by atoms with van der Waals surface area (Å²) >= 11 is 0. The van der Waals surface area contributed by atoms with Crippen LogP contribution in [0.5, 0.6) is 0 Å². The standard InChI is InChI=1S/C10H19N3O2P/c1-6-16(14-9(2)3,15-10(4)5)13(7-11)8-12/h9-10H,6H2,1-5H3/q+1. The lowest BCUT2D eigenvalue weighted by Crippen LogP contribution is -2.25. The first-order valence-electron chi connectivity index (χ1n) is 5.26. The van der Waals surface area contributed by atoms with Gasteiger partial charge in [-0.15, -0.1) is 0 Å². The Morgan fingerprint density at radius 1 is 1.06 bits per heavy atom. The van der Waals surface area contributed by atoms with Crippen molar-refractivity contribution in [2.45, 2.75) is 46.8 Å². The van der Waals surface area contributed by atoms with Gasteiger partial charge in [-0.3, -0.25) is 0 Å². The number of hydrogen-bond donors (Lipinski definition) is 0. The van der Waals surface area contributed by atoms with Crippen molar-refractivity contribution in [3.05, 3.63) is 0 Å². The predicted molar refractivity (Wildman–Crippen MR) is 63.0 cm³/mol. The summed E-state index contributed by atoms with van der Waals surface area (Å²) in [6.07, 6.45) is 3.98. The Morgan fingerprint density at radius 3 is 1.62 bits per heavy atom. The van der Waals surface area contributed by atoms with Crippen molar-refractivity contribution < 1.29 is 9.05 Å². The maximum absolute atomic E-state index is 8.94. The second-order valence-corrected chi connectivity index (χ2v) is 6.50. The lowest BCUT2D eigenvalue weighted by Gasteiger charge is -2.26. The second kappa shape index (κ2) is 6.66. The van der Waals surface area contributed by atoms with E-state index in [2.05, 4.69) is 0 Å². The van der Waals surface area contributed by atoms with Crippen LogP contribution in [0.25, 0.3) is 0 Å². The smallest absolute Gasteiger partial charge is 0.179 e. The molecule has 0 amide bonds. The SMILES string of the molecule is CC[P+](OC(C)C)(OC(C)C)N(C#N)C#N. The highest BCUT2D eigenvalue weighted by atomic mass is 31.2. The molecule has 0 atom stereocenters. The van der Waals surface area contributed by atoms with Crippen LogP contribution < -0.4 is 0 Å². The number of nitriles is 2.